The van der Waals surface area contributed by atoms with Crippen molar-refractivity contribution in [3.05, 3.63) is 68.8 Å². The zero-order valence-corrected chi connectivity index (χ0v) is 26.4. The van der Waals surface area contributed by atoms with Gasteiger partial charge in [-0.05, 0) is 62.1 Å². The van der Waals surface area contributed by atoms with Gasteiger partial charge in [-0.2, -0.15) is 13.0 Å². The molecule has 0 amide bonds. The molecule has 0 bridgehead atoms. The van der Waals surface area contributed by atoms with Crippen LogP contribution in [0.25, 0.3) is 17.2 Å². The summed E-state index contributed by atoms with van der Waals surface area (Å²) in [4.78, 5) is 2.07. The van der Waals surface area contributed by atoms with Crippen molar-refractivity contribution < 1.29 is 39.6 Å². The molecule has 2 aromatic carbocycles. The second-order valence-electron chi connectivity index (χ2n) is 8.93. The minimum absolute atomic E-state index is 0.188. The highest BCUT2D eigenvalue weighted by atomic mass is 79.9. The molecule has 40 heavy (non-hydrogen) atoms. The van der Waals surface area contributed by atoms with Gasteiger partial charge in [0.05, 0.1) is 25.0 Å². The number of hydrogen-bond donors (Lipinski definition) is 2. The highest BCUT2D eigenvalue weighted by molar-refractivity contribution is 9.10. The Balaban J connectivity index is 1.57. The number of unbranched alkanes of at least 4 members (excludes halogenated alkanes) is 2. The van der Waals surface area contributed by atoms with Gasteiger partial charge in [0.15, 0.2) is 12.3 Å². The maximum atomic E-state index is 10.8. The maximum absolute atomic E-state index is 10.8. The van der Waals surface area contributed by atoms with Gasteiger partial charge in [-0.3, -0.25) is 17.5 Å². The zero-order chi connectivity index (χ0) is 28.6. The van der Waals surface area contributed by atoms with Gasteiger partial charge in [0.2, 0.25) is 11.5 Å². The Hall–Kier alpha value is -1.91. The Morgan fingerprint density at radius 1 is 1.00 bits per heavy atom. The molecular formula is C26H29Br2N2O8S2+. The lowest BCUT2D eigenvalue weighted by atomic mass is 10.2. The number of allylic oxidation sites excluding steroid dienone is 2. The molecule has 10 nitrogen and oxygen atoms in total. The molecule has 0 radical (unpaired) electrons. The van der Waals surface area contributed by atoms with Gasteiger partial charge in [0, 0.05) is 34.1 Å². The third-order valence-corrected chi connectivity index (χ3v) is 7.73. The molecule has 3 aromatic rings. The summed E-state index contributed by atoms with van der Waals surface area (Å²) in [6.45, 7) is 3.60. The molecule has 2 atom stereocenters. The number of hydrogen-bond acceptors (Lipinski definition) is 7. The van der Waals surface area contributed by atoms with Crippen LogP contribution < -0.4 is 14.2 Å². The third kappa shape index (κ3) is 8.55. The molecule has 216 valence electrons. The number of nitrogens with zero attached hydrogens (tertiary/aromatic N) is 2. The number of fused-ring (bicyclic) bond motifs is 2. The van der Waals surface area contributed by atoms with E-state index in [1.54, 1.807) is 0 Å². The van der Waals surface area contributed by atoms with Crippen LogP contribution in [0.5, 0.6) is 5.75 Å². The van der Waals surface area contributed by atoms with Gasteiger partial charge in [-0.15, -0.1) is 0 Å². The normalized spacial score (nSPS) is 16.0. The summed E-state index contributed by atoms with van der Waals surface area (Å²) in [7, 11) is 0. The second kappa shape index (κ2) is 14.8. The number of aromatic nitrogens is 1. The average molecular weight is 721 g/mol. The number of rotatable bonds is 14. The monoisotopic (exact) mass is 719 g/mol. The quantitative estimate of drug-likeness (QED) is 0.113. The van der Waals surface area contributed by atoms with E-state index in [2.05, 4.69) is 41.3 Å². The SMILES string of the molecule is CC(/C=C1\Oc2ccc(Br)cc2N1CCCCOS(=O)O)=C\c1oc2ccc(Br)cc2[n+]1CCCCOS(=O)O. The molecule has 0 fully saturated rings. The molecule has 1 aliphatic rings. The van der Waals surface area contributed by atoms with Gasteiger partial charge in [-0.25, -0.2) is 0 Å². The second-order valence-corrected chi connectivity index (χ2v) is 12.1. The van der Waals surface area contributed by atoms with E-state index in [4.69, 9.17) is 26.6 Å². The van der Waals surface area contributed by atoms with Crippen molar-refractivity contribution in [1.29, 1.82) is 0 Å². The number of benzene rings is 2. The van der Waals surface area contributed by atoms with Crippen molar-refractivity contribution >= 4 is 77.4 Å². The van der Waals surface area contributed by atoms with Crippen molar-refractivity contribution in [3.8, 4) is 5.75 Å². The Kier molecular flexibility index (Phi) is 11.5. The minimum Gasteiger partial charge on any atom is -0.439 e. The summed E-state index contributed by atoms with van der Waals surface area (Å²) >= 11 is 2.54. The van der Waals surface area contributed by atoms with Gasteiger partial charge < -0.3 is 14.1 Å². The van der Waals surface area contributed by atoms with Crippen LogP contribution in [0.4, 0.5) is 5.69 Å². The number of ether oxygens (including phenoxy) is 1. The van der Waals surface area contributed by atoms with Crippen molar-refractivity contribution in [2.45, 2.75) is 39.2 Å². The molecule has 4 rings (SSSR count). The Bertz CT molecular complexity index is 1460. The van der Waals surface area contributed by atoms with Gasteiger partial charge in [0.25, 0.3) is 5.52 Å². The molecule has 0 saturated heterocycles. The molecule has 2 unspecified atom stereocenters. The minimum atomic E-state index is -2.27. The zero-order valence-electron chi connectivity index (χ0n) is 21.6. The van der Waals surface area contributed by atoms with E-state index in [0.29, 0.717) is 37.7 Å². The van der Waals surface area contributed by atoms with Crippen LogP contribution in [-0.2, 0) is 37.6 Å². The van der Waals surface area contributed by atoms with Crippen LogP contribution in [0.2, 0.25) is 0 Å². The third-order valence-electron chi connectivity index (χ3n) is 6.01. The fourth-order valence-electron chi connectivity index (χ4n) is 4.26. The van der Waals surface area contributed by atoms with Crippen molar-refractivity contribution in [3.63, 3.8) is 0 Å². The summed E-state index contributed by atoms with van der Waals surface area (Å²) in [5.74, 6) is 2.06. The first-order chi connectivity index (χ1) is 19.2. The van der Waals surface area contributed by atoms with E-state index in [0.717, 1.165) is 49.9 Å². The van der Waals surface area contributed by atoms with Crippen LogP contribution in [0, 0.1) is 0 Å². The lowest BCUT2D eigenvalue weighted by Crippen LogP contribution is -2.35. The molecule has 14 heteroatoms. The summed E-state index contributed by atoms with van der Waals surface area (Å²) in [6, 6.07) is 11.7. The molecule has 1 aromatic heterocycles. The van der Waals surface area contributed by atoms with Crippen molar-refractivity contribution in [2.24, 2.45) is 0 Å². The first-order valence-electron chi connectivity index (χ1n) is 12.5. The molecule has 0 aliphatic carbocycles. The van der Waals surface area contributed by atoms with E-state index in [-0.39, 0.29) is 13.2 Å². The van der Waals surface area contributed by atoms with Crippen molar-refractivity contribution in [2.75, 3.05) is 24.7 Å². The average Bonchev–Trinajstić information content (AvgIpc) is 3.39. The van der Waals surface area contributed by atoms with Gasteiger partial charge in [-0.1, -0.05) is 31.9 Å². The van der Waals surface area contributed by atoms with Crippen LogP contribution in [0.1, 0.15) is 38.5 Å². The number of aryl methyl sites for hydroxylation is 1. The first-order valence-corrected chi connectivity index (χ1v) is 16.1. The lowest BCUT2D eigenvalue weighted by molar-refractivity contribution is -0.678. The standard InChI is InChI=1S/C26H28Br2N2O8S2/c1-18(14-25-29(10-2-4-12-35-39(31)32)21-16-19(27)6-8-23(21)37-25)15-26-30(11-3-5-13-36-40(33)34)22-17-20(28)7-9-24(22)38-26/h6-9,14-17H,2-5,10-13H2,1H3,(H-,31,32,33,34)/p+1. The van der Waals surface area contributed by atoms with E-state index in [9.17, 15) is 8.42 Å². The molecule has 1 aliphatic heterocycles. The molecule has 2 heterocycles. The number of anilines is 1. The van der Waals surface area contributed by atoms with E-state index < -0.39 is 22.7 Å². The fraction of sp³-hybridized carbons (Fsp3) is 0.346. The predicted octanol–water partition coefficient (Wildman–Crippen LogP) is 6.26. The Labute approximate surface area is 254 Å². The molecular weight excluding hydrogens is 692 g/mol. The van der Waals surface area contributed by atoms with Crippen molar-refractivity contribution in [1.82, 2.24) is 0 Å². The molecule has 0 saturated carbocycles. The van der Waals surface area contributed by atoms with E-state index >= 15 is 0 Å². The largest absolute Gasteiger partial charge is 0.439 e. The smallest absolute Gasteiger partial charge is 0.374 e. The van der Waals surface area contributed by atoms with Gasteiger partial charge in [0.1, 0.15) is 0 Å². The van der Waals surface area contributed by atoms with Gasteiger partial charge >= 0.3 is 28.6 Å². The van der Waals surface area contributed by atoms with E-state index in [1.807, 2.05) is 55.5 Å². The first kappa shape index (κ1) is 31.0. The van der Waals surface area contributed by atoms with Crippen LogP contribution in [0.3, 0.4) is 0 Å². The highest BCUT2D eigenvalue weighted by Crippen LogP contribution is 2.41. The maximum Gasteiger partial charge on any atom is 0.374 e. The van der Waals surface area contributed by atoms with Crippen LogP contribution in [0.15, 0.2) is 67.3 Å². The highest BCUT2D eigenvalue weighted by Gasteiger charge is 2.27. The summed E-state index contributed by atoms with van der Waals surface area (Å²) in [5, 5.41) is 0. The van der Waals surface area contributed by atoms with Crippen LogP contribution in [-0.4, -0.2) is 37.3 Å². The molecule has 0 spiro atoms. The number of halogens is 2. The summed E-state index contributed by atoms with van der Waals surface area (Å²) < 4.78 is 65.0. The van der Waals surface area contributed by atoms with E-state index in [1.165, 1.54) is 0 Å². The number of oxazole rings is 1. The summed E-state index contributed by atoms with van der Waals surface area (Å²) in [5.41, 5.74) is 3.49. The Morgan fingerprint density at radius 3 is 2.40 bits per heavy atom. The Morgan fingerprint density at radius 2 is 1.68 bits per heavy atom. The topological polar surface area (TPSA) is 123 Å². The summed E-state index contributed by atoms with van der Waals surface area (Å²) in [6.07, 6.45) is 6.57. The predicted molar refractivity (Wildman–Crippen MR) is 160 cm³/mol. The lowest BCUT2D eigenvalue weighted by Gasteiger charge is -2.18. The molecule has 2 N–H and O–H groups in total. The van der Waals surface area contributed by atoms with Crippen LogP contribution >= 0.6 is 31.9 Å². The fourth-order valence-corrected chi connectivity index (χ4v) is 5.48.